The van der Waals surface area contributed by atoms with E-state index in [1.54, 1.807) is 17.4 Å². The predicted octanol–water partition coefficient (Wildman–Crippen LogP) is 3.24. The molecule has 4 aromatic heterocycles. The lowest BCUT2D eigenvalue weighted by Gasteiger charge is -2.04. The zero-order valence-corrected chi connectivity index (χ0v) is 15.3. The SMILES string of the molecule is O=C(NNC(=O)c1cc2c(nc3sccn32)s1)c1cc2c(s1)CCC2. The molecule has 0 radical (unpaired) electrons. The van der Waals surface area contributed by atoms with Crippen LogP contribution in [0.1, 0.15) is 36.2 Å². The Morgan fingerprint density at radius 2 is 1.88 bits per heavy atom. The van der Waals surface area contributed by atoms with Crippen molar-refractivity contribution in [3.8, 4) is 0 Å². The predicted molar refractivity (Wildman–Crippen MR) is 99.7 cm³/mol. The van der Waals surface area contributed by atoms with Gasteiger partial charge in [-0.05, 0) is 37.0 Å². The zero-order chi connectivity index (χ0) is 17.0. The first-order valence-corrected chi connectivity index (χ1v) is 10.3. The zero-order valence-electron chi connectivity index (χ0n) is 12.9. The van der Waals surface area contributed by atoms with Gasteiger partial charge in [-0.2, -0.15) is 0 Å². The molecule has 0 atom stereocenters. The molecule has 4 heterocycles. The third-order valence-corrected chi connectivity index (χ3v) is 7.23. The molecule has 126 valence electrons. The van der Waals surface area contributed by atoms with Gasteiger partial charge in [0.05, 0.1) is 15.3 Å². The summed E-state index contributed by atoms with van der Waals surface area (Å²) in [6.07, 6.45) is 5.18. The second-order valence-electron chi connectivity index (χ2n) is 5.79. The number of nitrogens with zero attached hydrogens (tertiary/aromatic N) is 2. The van der Waals surface area contributed by atoms with Crippen molar-refractivity contribution in [1.82, 2.24) is 20.2 Å². The highest BCUT2D eigenvalue weighted by Crippen LogP contribution is 2.30. The molecule has 0 saturated heterocycles. The average Bonchev–Trinajstić information content (AvgIpc) is 3.33. The van der Waals surface area contributed by atoms with E-state index in [9.17, 15) is 9.59 Å². The lowest BCUT2D eigenvalue weighted by molar-refractivity contribution is 0.0851. The van der Waals surface area contributed by atoms with Gasteiger partial charge >= 0.3 is 0 Å². The maximum absolute atomic E-state index is 12.3. The average molecular weight is 388 g/mol. The Labute approximate surface area is 154 Å². The Bertz CT molecular complexity index is 1110. The monoisotopic (exact) mass is 388 g/mol. The van der Waals surface area contributed by atoms with Gasteiger partial charge in [-0.1, -0.05) is 0 Å². The minimum atomic E-state index is -0.329. The van der Waals surface area contributed by atoms with Gasteiger partial charge in [0.15, 0.2) is 4.96 Å². The van der Waals surface area contributed by atoms with E-state index in [1.807, 2.05) is 22.0 Å². The molecule has 1 aliphatic rings. The summed E-state index contributed by atoms with van der Waals surface area (Å²) in [6.45, 7) is 0. The number of aryl methyl sites for hydroxylation is 2. The third-order valence-electron chi connectivity index (χ3n) is 4.22. The standard InChI is InChI=1S/C16H12N4O2S3/c21-13(11-6-8-2-1-3-10(8)24-11)18-19-14(22)12-7-9-15(25-12)17-16-20(9)4-5-23-16/h4-7H,1-3H2,(H,18,21)(H,19,22). The van der Waals surface area contributed by atoms with E-state index in [0.29, 0.717) is 9.75 Å². The van der Waals surface area contributed by atoms with Crippen LogP contribution in [0.4, 0.5) is 0 Å². The van der Waals surface area contributed by atoms with Crippen LogP contribution in [0.15, 0.2) is 23.7 Å². The van der Waals surface area contributed by atoms with Gasteiger partial charge < -0.3 is 0 Å². The van der Waals surface area contributed by atoms with Gasteiger partial charge in [0, 0.05) is 16.5 Å². The molecule has 9 heteroatoms. The van der Waals surface area contributed by atoms with Crippen LogP contribution in [0.2, 0.25) is 0 Å². The normalized spacial score (nSPS) is 13.4. The number of carbonyl (C=O) groups excluding carboxylic acids is 2. The molecule has 0 aliphatic heterocycles. The van der Waals surface area contributed by atoms with Crippen molar-refractivity contribution >= 4 is 61.1 Å². The van der Waals surface area contributed by atoms with Crippen molar-refractivity contribution in [2.24, 2.45) is 0 Å². The van der Waals surface area contributed by atoms with E-state index in [1.165, 1.54) is 33.1 Å². The summed E-state index contributed by atoms with van der Waals surface area (Å²) in [4.78, 5) is 33.2. The van der Waals surface area contributed by atoms with Crippen LogP contribution in [0.3, 0.4) is 0 Å². The molecular formula is C16H12N4O2S3. The molecular weight excluding hydrogens is 376 g/mol. The fraction of sp³-hybridized carbons (Fsp3) is 0.188. The molecule has 0 spiro atoms. The topological polar surface area (TPSA) is 75.5 Å². The molecule has 0 fully saturated rings. The van der Waals surface area contributed by atoms with E-state index in [4.69, 9.17) is 0 Å². The molecule has 25 heavy (non-hydrogen) atoms. The quantitative estimate of drug-likeness (QED) is 0.518. The number of thiophene rings is 2. The molecule has 0 saturated carbocycles. The number of imidazole rings is 1. The van der Waals surface area contributed by atoms with E-state index in [0.717, 1.165) is 34.6 Å². The highest BCUT2D eigenvalue weighted by molar-refractivity contribution is 7.21. The number of nitrogens with one attached hydrogen (secondary N) is 2. The third kappa shape index (κ3) is 2.46. The lowest BCUT2D eigenvalue weighted by atomic mass is 10.2. The summed E-state index contributed by atoms with van der Waals surface area (Å²) < 4.78 is 1.96. The first-order valence-electron chi connectivity index (χ1n) is 7.76. The molecule has 0 aromatic carbocycles. The second-order valence-corrected chi connectivity index (χ2v) is 8.83. The number of amides is 2. The summed E-state index contributed by atoms with van der Waals surface area (Å²) in [6, 6.07) is 3.73. The number of carbonyl (C=O) groups is 2. The Morgan fingerprint density at radius 3 is 2.68 bits per heavy atom. The molecule has 4 aromatic rings. The maximum Gasteiger partial charge on any atom is 0.279 e. The molecule has 2 N–H and O–H groups in total. The van der Waals surface area contributed by atoms with Crippen molar-refractivity contribution in [3.05, 3.63) is 43.9 Å². The summed E-state index contributed by atoms with van der Waals surface area (Å²) in [5.41, 5.74) is 7.18. The van der Waals surface area contributed by atoms with Gasteiger partial charge in [-0.15, -0.1) is 34.0 Å². The number of rotatable bonds is 2. The van der Waals surface area contributed by atoms with Crippen LogP contribution in [-0.2, 0) is 12.8 Å². The first kappa shape index (κ1) is 15.1. The first-order chi connectivity index (χ1) is 12.2. The van der Waals surface area contributed by atoms with Gasteiger partial charge in [0.1, 0.15) is 4.83 Å². The number of fused-ring (bicyclic) bond motifs is 4. The van der Waals surface area contributed by atoms with Gasteiger partial charge in [0.25, 0.3) is 11.8 Å². The highest BCUT2D eigenvalue weighted by atomic mass is 32.1. The summed E-state index contributed by atoms with van der Waals surface area (Å²) in [7, 11) is 0. The van der Waals surface area contributed by atoms with Crippen LogP contribution in [-0.4, -0.2) is 21.2 Å². The van der Waals surface area contributed by atoms with Gasteiger partial charge in [0.2, 0.25) is 0 Å². The lowest BCUT2D eigenvalue weighted by Crippen LogP contribution is -2.41. The van der Waals surface area contributed by atoms with Crippen molar-refractivity contribution in [2.75, 3.05) is 0 Å². The Hall–Kier alpha value is -2.23. The number of thiazole rings is 1. The molecule has 0 bridgehead atoms. The van der Waals surface area contributed by atoms with Crippen LogP contribution in [0.5, 0.6) is 0 Å². The number of hydrogen-bond acceptors (Lipinski definition) is 6. The van der Waals surface area contributed by atoms with Crippen LogP contribution < -0.4 is 10.9 Å². The maximum atomic E-state index is 12.3. The van der Waals surface area contributed by atoms with E-state index < -0.39 is 0 Å². The summed E-state index contributed by atoms with van der Waals surface area (Å²) in [5.74, 6) is -0.597. The Balaban J connectivity index is 1.30. The minimum Gasteiger partial charge on any atom is -0.289 e. The summed E-state index contributed by atoms with van der Waals surface area (Å²) in [5, 5.41) is 1.96. The van der Waals surface area contributed by atoms with Crippen molar-refractivity contribution in [1.29, 1.82) is 0 Å². The Morgan fingerprint density at radius 1 is 1.08 bits per heavy atom. The molecule has 5 rings (SSSR count). The molecule has 0 unspecified atom stereocenters. The van der Waals surface area contributed by atoms with E-state index >= 15 is 0 Å². The largest absolute Gasteiger partial charge is 0.289 e. The fourth-order valence-electron chi connectivity index (χ4n) is 3.04. The molecule has 1 aliphatic carbocycles. The summed E-state index contributed by atoms with van der Waals surface area (Å²) >= 11 is 4.38. The molecule has 2 amide bonds. The van der Waals surface area contributed by atoms with Crippen molar-refractivity contribution < 1.29 is 9.59 Å². The number of hydrazine groups is 1. The van der Waals surface area contributed by atoms with Crippen LogP contribution in [0, 0.1) is 0 Å². The Kier molecular flexibility index (Phi) is 3.40. The van der Waals surface area contributed by atoms with Crippen molar-refractivity contribution in [3.63, 3.8) is 0 Å². The van der Waals surface area contributed by atoms with Crippen LogP contribution >= 0.6 is 34.0 Å². The van der Waals surface area contributed by atoms with E-state index in [-0.39, 0.29) is 11.8 Å². The smallest absolute Gasteiger partial charge is 0.279 e. The van der Waals surface area contributed by atoms with Gasteiger partial charge in [-0.25, -0.2) is 4.98 Å². The number of aromatic nitrogens is 2. The van der Waals surface area contributed by atoms with Crippen LogP contribution in [0.25, 0.3) is 15.3 Å². The fourth-order valence-corrected chi connectivity index (χ4v) is 5.88. The highest BCUT2D eigenvalue weighted by Gasteiger charge is 2.20. The van der Waals surface area contributed by atoms with Gasteiger partial charge in [-0.3, -0.25) is 24.8 Å². The second kappa shape index (κ2) is 5.65. The van der Waals surface area contributed by atoms with E-state index in [2.05, 4.69) is 15.8 Å². The van der Waals surface area contributed by atoms with Crippen molar-refractivity contribution in [2.45, 2.75) is 19.3 Å². The molecule has 6 nitrogen and oxygen atoms in total. The minimum absolute atomic E-state index is 0.268. The number of hydrogen-bond donors (Lipinski definition) is 2.